The predicted octanol–water partition coefficient (Wildman–Crippen LogP) is 6.11. The van der Waals surface area contributed by atoms with Crippen molar-refractivity contribution in [3.05, 3.63) is 82.8 Å². The number of ether oxygens (including phenoxy) is 1. The first-order valence-corrected chi connectivity index (χ1v) is 9.05. The Morgan fingerprint density at radius 3 is 2.63 bits per heavy atom. The molecule has 0 amide bonds. The molecule has 2 aromatic heterocycles. The lowest BCUT2D eigenvalue weighted by molar-refractivity contribution is 0.0488. The topological polar surface area (TPSA) is 52.6 Å². The Morgan fingerprint density at radius 1 is 1.04 bits per heavy atom. The van der Waals surface area contributed by atoms with Gasteiger partial charge in [0.2, 0.25) is 5.76 Å². The number of furan rings is 2. The summed E-state index contributed by atoms with van der Waals surface area (Å²) in [5.74, 6) is 1.14. The van der Waals surface area contributed by atoms with Crippen molar-refractivity contribution in [1.29, 1.82) is 0 Å². The average Bonchev–Trinajstić information content (AvgIpc) is 3.30. The van der Waals surface area contributed by atoms with Crippen molar-refractivity contribution in [3.8, 4) is 11.3 Å². The summed E-state index contributed by atoms with van der Waals surface area (Å²) in [7, 11) is 0. The van der Waals surface area contributed by atoms with Crippen LogP contribution < -0.4 is 0 Å². The van der Waals surface area contributed by atoms with Gasteiger partial charge in [-0.3, -0.25) is 0 Å². The molecule has 2 heterocycles. The summed E-state index contributed by atoms with van der Waals surface area (Å²) in [6.07, 6.45) is 0.457. The van der Waals surface area contributed by atoms with Gasteiger partial charge in [-0.05, 0) is 37.3 Å². The van der Waals surface area contributed by atoms with Crippen LogP contribution in [0.5, 0.6) is 0 Å². The maximum Gasteiger partial charge on any atom is 0.374 e. The van der Waals surface area contributed by atoms with E-state index >= 15 is 0 Å². The van der Waals surface area contributed by atoms with Gasteiger partial charge in [-0.1, -0.05) is 41.9 Å². The van der Waals surface area contributed by atoms with Crippen molar-refractivity contribution in [2.45, 2.75) is 13.3 Å². The molecule has 4 nitrogen and oxygen atoms in total. The molecule has 0 saturated carbocycles. The van der Waals surface area contributed by atoms with Crippen LogP contribution in [0, 0.1) is 0 Å². The van der Waals surface area contributed by atoms with Crippen LogP contribution in [0.4, 0.5) is 0 Å². The van der Waals surface area contributed by atoms with Crippen molar-refractivity contribution in [3.63, 3.8) is 0 Å². The normalized spacial score (nSPS) is 11.0. The summed E-state index contributed by atoms with van der Waals surface area (Å²) in [6.45, 7) is 2.06. The first-order chi connectivity index (χ1) is 13.1. The molecule has 5 heteroatoms. The predicted molar refractivity (Wildman–Crippen MR) is 104 cm³/mol. The Labute approximate surface area is 161 Å². The second-order valence-corrected chi connectivity index (χ2v) is 6.56. The van der Waals surface area contributed by atoms with Crippen LogP contribution in [0.15, 0.2) is 69.5 Å². The molecule has 0 unspecified atom stereocenters. The number of halogens is 1. The van der Waals surface area contributed by atoms with Gasteiger partial charge in [0.05, 0.1) is 6.61 Å². The van der Waals surface area contributed by atoms with Gasteiger partial charge in [-0.25, -0.2) is 4.79 Å². The summed E-state index contributed by atoms with van der Waals surface area (Å²) in [5, 5.41) is 1.55. The third-order valence-electron chi connectivity index (χ3n) is 4.22. The summed E-state index contributed by atoms with van der Waals surface area (Å²) in [6, 6.07) is 19.0. The van der Waals surface area contributed by atoms with Crippen LogP contribution >= 0.6 is 11.6 Å². The fourth-order valence-corrected chi connectivity index (χ4v) is 3.28. The minimum Gasteiger partial charge on any atom is -0.460 e. The van der Waals surface area contributed by atoms with E-state index in [1.807, 2.05) is 48.5 Å². The molecule has 2 aromatic carbocycles. The maximum atomic E-state index is 11.8. The highest BCUT2D eigenvalue weighted by molar-refractivity contribution is 6.31. The van der Waals surface area contributed by atoms with E-state index in [0.717, 1.165) is 27.9 Å². The minimum absolute atomic E-state index is 0.189. The molecular formula is C22H17ClO4. The van der Waals surface area contributed by atoms with Gasteiger partial charge in [-0.15, -0.1) is 0 Å². The fourth-order valence-electron chi connectivity index (χ4n) is 3.03. The fraction of sp³-hybridized carbons (Fsp3) is 0.136. The number of carbonyl (C=O) groups excluding carboxylic acids is 1. The Bertz CT molecular complexity index is 1090. The zero-order valence-electron chi connectivity index (χ0n) is 14.7. The summed E-state index contributed by atoms with van der Waals surface area (Å²) < 4.78 is 16.7. The molecule has 27 heavy (non-hydrogen) atoms. The van der Waals surface area contributed by atoms with E-state index < -0.39 is 5.97 Å². The molecule has 4 rings (SSSR count). The van der Waals surface area contributed by atoms with Gasteiger partial charge in [0, 0.05) is 28.0 Å². The number of esters is 1. The highest BCUT2D eigenvalue weighted by atomic mass is 35.5. The van der Waals surface area contributed by atoms with Crippen LogP contribution in [-0.2, 0) is 11.2 Å². The Balaban J connectivity index is 1.69. The average molecular weight is 381 g/mol. The van der Waals surface area contributed by atoms with Gasteiger partial charge >= 0.3 is 5.97 Å². The van der Waals surface area contributed by atoms with Gasteiger partial charge in [0.1, 0.15) is 17.1 Å². The van der Waals surface area contributed by atoms with Crippen LogP contribution in [-0.4, -0.2) is 12.6 Å². The first-order valence-electron chi connectivity index (χ1n) is 8.67. The molecule has 4 aromatic rings. The number of fused-ring (bicyclic) bond motifs is 1. The Kier molecular flexibility index (Phi) is 4.73. The minimum atomic E-state index is -0.468. The lowest BCUT2D eigenvalue weighted by atomic mass is 10.1. The van der Waals surface area contributed by atoms with Crippen molar-refractivity contribution in [1.82, 2.24) is 0 Å². The molecule has 0 N–H and O–H groups in total. The molecule has 0 aliphatic carbocycles. The van der Waals surface area contributed by atoms with Gasteiger partial charge in [-0.2, -0.15) is 0 Å². The second kappa shape index (κ2) is 7.33. The van der Waals surface area contributed by atoms with Crippen molar-refractivity contribution >= 4 is 28.5 Å². The molecule has 136 valence electrons. The quantitative estimate of drug-likeness (QED) is 0.392. The molecule has 0 saturated heterocycles. The van der Waals surface area contributed by atoms with Crippen LogP contribution in [0.3, 0.4) is 0 Å². The van der Waals surface area contributed by atoms with E-state index in [0.29, 0.717) is 23.8 Å². The Morgan fingerprint density at radius 2 is 1.85 bits per heavy atom. The molecule has 0 aliphatic rings. The van der Waals surface area contributed by atoms with E-state index in [9.17, 15) is 4.79 Å². The SMILES string of the molecule is CCOC(=O)c1ccc(Cc2cc(Cl)cc3cc(-c4ccccc4)oc23)o1. The largest absolute Gasteiger partial charge is 0.460 e. The van der Waals surface area contributed by atoms with E-state index in [1.54, 1.807) is 19.1 Å². The summed E-state index contributed by atoms with van der Waals surface area (Å²) in [5.41, 5.74) is 2.65. The maximum absolute atomic E-state index is 11.8. The van der Waals surface area contributed by atoms with Gasteiger partial charge in [0.25, 0.3) is 0 Å². The lowest BCUT2D eigenvalue weighted by Crippen LogP contribution is -2.02. The molecule has 0 spiro atoms. The monoisotopic (exact) mass is 380 g/mol. The second-order valence-electron chi connectivity index (χ2n) is 6.12. The zero-order chi connectivity index (χ0) is 18.8. The number of hydrogen-bond acceptors (Lipinski definition) is 4. The van der Waals surface area contributed by atoms with E-state index in [2.05, 4.69) is 0 Å². The molecule has 0 fully saturated rings. The zero-order valence-corrected chi connectivity index (χ0v) is 15.5. The van der Waals surface area contributed by atoms with Crippen molar-refractivity contribution in [2.24, 2.45) is 0 Å². The molecule has 0 radical (unpaired) electrons. The number of carbonyl (C=O) groups is 1. The highest BCUT2D eigenvalue weighted by Gasteiger charge is 2.16. The van der Waals surface area contributed by atoms with Gasteiger partial charge in [0.15, 0.2) is 0 Å². The number of benzene rings is 2. The van der Waals surface area contributed by atoms with Crippen molar-refractivity contribution < 1.29 is 18.4 Å². The van der Waals surface area contributed by atoms with Crippen molar-refractivity contribution in [2.75, 3.05) is 6.61 Å². The Hall–Kier alpha value is -2.98. The third kappa shape index (κ3) is 3.62. The molecular weight excluding hydrogens is 364 g/mol. The standard InChI is InChI=1S/C22H17ClO4/c1-2-25-22(24)19-9-8-18(26-19)12-15-10-17(23)11-16-13-20(27-21(15)16)14-6-4-3-5-7-14/h3-11,13H,2,12H2,1H3. The van der Waals surface area contributed by atoms with Gasteiger partial charge < -0.3 is 13.6 Å². The lowest BCUT2D eigenvalue weighted by Gasteiger charge is -2.02. The number of hydrogen-bond donors (Lipinski definition) is 0. The molecule has 0 aliphatic heterocycles. The van der Waals surface area contributed by atoms with E-state index in [4.69, 9.17) is 25.2 Å². The molecule has 0 atom stereocenters. The van der Waals surface area contributed by atoms with Crippen LogP contribution in [0.1, 0.15) is 28.8 Å². The smallest absolute Gasteiger partial charge is 0.374 e. The first kappa shape index (κ1) is 17.4. The van der Waals surface area contributed by atoms with E-state index in [-0.39, 0.29) is 5.76 Å². The summed E-state index contributed by atoms with van der Waals surface area (Å²) in [4.78, 5) is 11.8. The van der Waals surface area contributed by atoms with Crippen LogP contribution in [0.2, 0.25) is 5.02 Å². The van der Waals surface area contributed by atoms with Crippen LogP contribution in [0.25, 0.3) is 22.3 Å². The molecule has 0 bridgehead atoms. The number of rotatable bonds is 5. The third-order valence-corrected chi connectivity index (χ3v) is 4.44. The summed E-state index contributed by atoms with van der Waals surface area (Å²) >= 11 is 6.30. The highest BCUT2D eigenvalue weighted by Crippen LogP contribution is 2.33. The van der Waals surface area contributed by atoms with E-state index in [1.165, 1.54) is 0 Å².